The third kappa shape index (κ3) is 3.97. The van der Waals surface area contributed by atoms with Crippen molar-refractivity contribution in [2.45, 2.75) is 102 Å². The lowest BCUT2D eigenvalue weighted by molar-refractivity contribution is -0.488. The van der Waals surface area contributed by atoms with Crippen molar-refractivity contribution in [2.24, 2.45) is 10.8 Å². The van der Waals surface area contributed by atoms with Crippen molar-refractivity contribution in [3.63, 3.8) is 0 Å². The molecule has 2 saturated heterocycles. The van der Waals surface area contributed by atoms with E-state index in [9.17, 15) is 35.4 Å². The molecule has 1 saturated carbocycles. The van der Waals surface area contributed by atoms with Crippen LogP contribution in [0.1, 0.15) is 41.5 Å². The first-order valence-corrected chi connectivity index (χ1v) is 11.4. The minimum Gasteiger partial charge on any atom is -0.394 e. The van der Waals surface area contributed by atoms with Crippen LogP contribution >= 0.6 is 0 Å². The summed E-state index contributed by atoms with van der Waals surface area (Å²) in [7, 11) is 0. The summed E-state index contributed by atoms with van der Waals surface area (Å²) in [6, 6.07) is 0. The third-order valence-electron chi connectivity index (χ3n) is 7.99. The van der Waals surface area contributed by atoms with E-state index in [1.54, 1.807) is 0 Å². The highest BCUT2D eigenvalue weighted by atomic mass is 16.8. The number of carbonyl (C=O) groups is 1. The fourth-order valence-electron chi connectivity index (χ4n) is 4.57. The Balaban J connectivity index is 1.74. The normalized spacial score (nSPS) is 44.6. The quantitative estimate of drug-likeness (QED) is 0.191. The van der Waals surface area contributed by atoms with Crippen LogP contribution in [0.4, 0.5) is 0 Å². The Morgan fingerprint density at radius 3 is 2.15 bits per heavy atom. The van der Waals surface area contributed by atoms with E-state index in [4.69, 9.17) is 18.9 Å². The molecule has 10 unspecified atom stereocenters. The van der Waals surface area contributed by atoms with Crippen LogP contribution in [0.5, 0.6) is 0 Å². The molecule has 10 atom stereocenters. The Morgan fingerprint density at radius 1 is 1.03 bits per heavy atom. The van der Waals surface area contributed by atoms with Gasteiger partial charge in [0.05, 0.1) is 19.8 Å². The topological polar surface area (TPSA) is 187 Å². The molecule has 2 aliphatic heterocycles. The average Bonchev–Trinajstić information content (AvgIpc) is 2.74. The number of hydrogen-bond acceptors (Lipinski definition) is 11. The average molecular weight is 494 g/mol. The van der Waals surface area contributed by atoms with Gasteiger partial charge in [-0.1, -0.05) is 34.6 Å². The van der Waals surface area contributed by atoms with Gasteiger partial charge in [0.25, 0.3) is 0 Å². The van der Waals surface area contributed by atoms with Gasteiger partial charge in [0.1, 0.15) is 36.6 Å². The van der Waals surface area contributed by atoms with Gasteiger partial charge < -0.3 is 54.9 Å². The molecule has 198 valence electrons. The number of nitrogens with one attached hydrogen (secondary N) is 1. The van der Waals surface area contributed by atoms with Crippen LogP contribution in [0.2, 0.25) is 0 Å². The molecule has 0 aromatic heterocycles. The van der Waals surface area contributed by atoms with E-state index in [0.29, 0.717) is 0 Å². The zero-order chi connectivity index (χ0) is 25.9. The fourth-order valence-corrected chi connectivity index (χ4v) is 4.57. The van der Waals surface area contributed by atoms with Crippen molar-refractivity contribution in [1.82, 2.24) is 5.32 Å². The van der Waals surface area contributed by atoms with Gasteiger partial charge in [-0.25, -0.2) is 0 Å². The van der Waals surface area contributed by atoms with Crippen molar-refractivity contribution in [2.75, 3.05) is 19.8 Å². The monoisotopic (exact) mass is 493 g/mol. The molecule has 0 spiro atoms. The summed E-state index contributed by atoms with van der Waals surface area (Å²) in [5, 5.41) is 64.2. The molecule has 0 aromatic carbocycles. The van der Waals surface area contributed by atoms with E-state index in [-0.39, 0.29) is 17.4 Å². The van der Waals surface area contributed by atoms with Crippen LogP contribution in [-0.4, -0.2) is 117 Å². The van der Waals surface area contributed by atoms with Gasteiger partial charge >= 0.3 is 0 Å². The van der Waals surface area contributed by atoms with E-state index in [1.807, 2.05) is 34.6 Å². The number of fused-ring (bicyclic) bond motifs is 1. The molecule has 34 heavy (non-hydrogen) atoms. The maximum absolute atomic E-state index is 11.8. The van der Waals surface area contributed by atoms with Gasteiger partial charge in [-0.15, -0.1) is 0 Å². The van der Waals surface area contributed by atoms with E-state index < -0.39 is 79.5 Å². The Morgan fingerprint density at radius 2 is 1.65 bits per heavy atom. The molecule has 0 aromatic rings. The summed E-state index contributed by atoms with van der Waals surface area (Å²) in [5.41, 5.74) is -3.81. The Kier molecular flexibility index (Phi) is 7.47. The summed E-state index contributed by atoms with van der Waals surface area (Å²) in [5.74, 6) is -0.574. The molecule has 0 bridgehead atoms. The number of aliphatic hydroxyl groups excluding tert-OH is 6. The van der Waals surface area contributed by atoms with Gasteiger partial charge in [-0.3, -0.25) is 4.79 Å². The molecular formula is C22H39NO11. The van der Waals surface area contributed by atoms with Crippen LogP contribution in [0, 0.1) is 10.8 Å². The summed E-state index contributed by atoms with van der Waals surface area (Å²) >= 11 is 0. The lowest BCUT2D eigenvalue weighted by Crippen LogP contribution is -3.00. The van der Waals surface area contributed by atoms with Crippen molar-refractivity contribution < 1.29 is 54.4 Å². The predicted molar refractivity (Wildman–Crippen MR) is 115 cm³/mol. The summed E-state index contributed by atoms with van der Waals surface area (Å²) in [4.78, 5) is 11.8. The standard InChI is InChI=1S/C22H39NO11/c1-10(26)23-22-16(30)15(29)21(22,8-25)34-18(22)33-14-11(7-24)32-17(13(28)12(14)27)31-9-20(5,6)19(2,3)4/h11-18,24-25,27-30H,7-9H2,1-6H3,(H,23,26). The molecule has 1 aliphatic carbocycles. The first-order chi connectivity index (χ1) is 15.6. The van der Waals surface area contributed by atoms with Crippen molar-refractivity contribution in [1.29, 1.82) is 0 Å². The van der Waals surface area contributed by atoms with Crippen molar-refractivity contribution in [3.8, 4) is 0 Å². The molecule has 0 radical (unpaired) electrons. The maximum Gasteiger partial charge on any atom is 0.217 e. The van der Waals surface area contributed by atoms with Gasteiger partial charge in [0.2, 0.25) is 5.91 Å². The molecule has 12 nitrogen and oxygen atoms in total. The Labute approximate surface area is 198 Å². The third-order valence-corrected chi connectivity index (χ3v) is 7.99. The Bertz CT molecular complexity index is 756. The zero-order valence-electron chi connectivity index (χ0n) is 20.5. The lowest BCUT2D eigenvalue weighted by atomic mass is 9.53. The summed E-state index contributed by atoms with van der Waals surface area (Å²) in [6.07, 6.45) is -11.3. The van der Waals surface area contributed by atoms with Crippen molar-refractivity contribution in [3.05, 3.63) is 0 Å². The molecule has 3 rings (SSSR count). The van der Waals surface area contributed by atoms with Gasteiger partial charge in [-0.05, 0) is 10.8 Å². The number of ether oxygens (including phenoxy) is 4. The summed E-state index contributed by atoms with van der Waals surface area (Å²) in [6.45, 7) is 10.2. The molecule has 12 heteroatoms. The van der Waals surface area contributed by atoms with E-state index in [2.05, 4.69) is 5.32 Å². The van der Waals surface area contributed by atoms with Crippen LogP contribution in [-0.2, 0) is 23.7 Å². The van der Waals surface area contributed by atoms with Crippen LogP contribution in [0.15, 0.2) is 0 Å². The highest BCUT2D eigenvalue weighted by molar-refractivity contribution is 5.75. The van der Waals surface area contributed by atoms with Crippen LogP contribution < -0.4 is 5.32 Å². The van der Waals surface area contributed by atoms with E-state index in [1.165, 1.54) is 6.92 Å². The molecule has 1 amide bonds. The first kappa shape index (κ1) is 27.7. The van der Waals surface area contributed by atoms with Gasteiger partial charge in [0.15, 0.2) is 23.7 Å². The van der Waals surface area contributed by atoms with Gasteiger partial charge in [-0.2, -0.15) is 0 Å². The largest absolute Gasteiger partial charge is 0.394 e. The van der Waals surface area contributed by atoms with Crippen LogP contribution in [0.3, 0.4) is 0 Å². The second kappa shape index (κ2) is 9.18. The lowest BCUT2D eigenvalue weighted by Gasteiger charge is -2.73. The SMILES string of the molecule is CC(=O)NC12C(OC3C(CO)OC(OCC(C)(C)C(C)(C)C)C(O)C3O)OC1(CO)C(O)C2O. The second-order valence-electron chi connectivity index (χ2n) is 11.2. The smallest absolute Gasteiger partial charge is 0.217 e. The second-order valence-corrected chi connectivity index (χ2v) is 11.2. The maximum atomic E-state index is 11.8. The highest BCUT2D eigenvalue weighted by Gasteiger charge is 2.85. The van der Waals surface area contributed by atoms with E-state index in [0.717, 1.165) is 0 Å². The van der Waals surface area contributed by atoms with Crippen molar-refractivity contribution >= 4 is 5.91 Å². The number of hydrogen-bond donors (Lipinski definition) is 7. The van der Waals surface area contributed by atoms with E-state index >= 15 is 0 Å². The fraction of sp³-hybridized carbons (Fsp3) is 0.955. The molecular weight excluding hydrogens is 454 g/mol. The first-order valence-electron chi connectivity index (χ1n) is 11.4. The summed E-state index contributed by atoms with van der Waals surface area (Å²) < 4.78 is 22.8. The number of amides is 1. The number of aliphatic hydroxyl groups is 6. The minimum absolute atomic E-state index is 0.125. The molecule has 3 fully saturated rings. The zero-order valence-corrected chi connectivity index (χ0v) is 20.5. The van der Waals surface area contributed by atoms with Gasteiger partial charge in [0, 0.05) is 6.92 Å². The molecule has 7 N–H and O–H groups in total. The number of carbonyl (C=O) groups excluding carboxylic acids is 1. The molecule has 3 aliphatic rings. The van der Waals surface area contributed by atoms with Crippen LogP contribution in [0.25, 0.3) is 0 Å². The minimum atomic E-state index is -1.69. The number of rotatable bonds is 8. The highest BCUT2D eigenvalue weighted by Crippen LogP contribution is 2.58. The Hall–Kier alpha value is -0.930. The molecule has 2 heterocycles. The predicted octanol–water partition coefficient (Wildman–Crippen LogP) is -2.40.